The number of aromatic nitrogens is 8. The van der Waals surface area contributed by atoms with Gasteiger partial charge in [-0.1, -0.05) is 60.7 Å². The first-order chi connectivity index (χ1) is 27.1. The molecule has 0 atom stereocenters. The van der Waals surface area contributed by atoms with Crippen molar-refractivity contribution in [3.8, 4) is 39.7 Å². The molecule has 0 saturated carbocycles. The van der Waals surface area contributed by atoms with Crippen molar-refractivity contribution in [3.05, 3.63) is 164 Å². The molecule has 0 bridgehead atoms. The fraction of sp³-hybridized carbons (Fsp3) is 0. The van der Waals surface area contributed by atoms with E-state index in [1.54, 1.807) is 37.2 Å². The van der Waals surface area contributed by atoms with Gasteiger partial charge in [-0.05, 0) is 93.3 Å². The average molecular weight is 707 g/mol. The molecular formula is C45H26N10. The summed E-state index contributed by atoms with van der Waals surface area (Å²) in [4.78, 5) is 37.7. The van der Waals surface area contributed by atoms with E-state index in [2.05, 4.69) is 120 Å². The van der Waals surface area contributed by atoms with E-state index < -0.39 is 0 Å². The Morgan fingerprint density at radius 1 is 0.382 bits per heavy atom. The van der Waals surface area contributed by atoms with E-state index in [0.29, 0.717) is 28.2 Å². The molecule has 0 aliphatic heterocycles. The molecule has 0 unspecified atom stereocenters. The monoisotopic (exact) mass is 706 g/mol. The molecule has 0 aliphatic carbocycles. The molecule has 10 aromatic rings. The molecule has 6 aromatic carbocycles. The highest BCUT2D eigenvalue weighted by Gasteiger charge is 2.16. The number of rotatable bonds is 6. The molecule has 0 amide bonds. The zero-order valence-electron chi connectivity index (χ0n) is 29.0. The Balaban J connectivity index is 1.02. The van der Waals surface area contributed by atoms with Crippen molar-refractivity contribution in [2.24, 2.45) is 0 Å². The Labute approximate surface area is 314 Å². The van der Waals surface area contributed by atoms with Crippen LogP contribution in [0.5, 0.6) is 0 Å². The van der Waals surface area contributed by atoms with Crippen molar-refractivity contribution in [3.63, 3.8) is 0 Å². The van der Waals surface area contributed by atoms with Gasteiger partial charge < -0.3 is 4.90 Å². The molecule has 10 nitrogen and oxygen atoms in total. The van der Waals surface area contributed by atoms with Crippen molar-refractivity contribution in [1.29, 1.82) is 5.26 Å². The second-order valence-electron chi connectivity index (χ2n) is 13.0. The SMILES string of the molecule is N#Cc1ccc2cc(-c3ccc4cc(N(c5ccc(-c6cnc7nccnc7n6)cc5)c5ccc(-c6cnc7nccnc7n6)cc5)ccc4c3)ccc2c1. The molecule has 0 spiro atoms. The maximum Gasteiger partial charge on any atom is 0.198 e. The van der Waals surface area contributed by atoms with Gasteiger partial charge in [0.2, 0.25) is 0 Å². The summed E-state index contributed by atoms with van der Waals surface area (Å²) in [5.74, 6) is 0. The van der Waals surface area contributed by atoms with Crippen LogP contribution in [0, 0.1) is 11.3 Å². The fourth-order valence-corrected chi connectivity index (χ4v) is 6.85. The van der Waals surface area contributed by atoms with Gasteiger partial charge in [0.1, 0.15) is 0 Å². The van der Waals surface area contributed by atoms with Crippen LogP contribution in [-0.4, -0.2) is 39.9 Å². The largest absolute Gasteiger partial charge is 0.310 e. The van der Waals surface area contributed by atoms with Crippen LogP contribution in [-0.2, 0) is 0 Å². The lowest BCUT2D eigenvalue weighted by Crippen LogP contribution is -2.10. The Morgan fingerprint density at radius 3 is 1.33 bits per heavy atom. The van der Waals surface area contributed by atoms with E-state index >= 15 is 0 Å². The third-order valence-electron chi connectivity index (χ3n) is 9.62. The highest BCUT2D eigenvalue weighted by atomic mass is 15.1. The fourth-order valence-electron chi connectivity index (χ4n) is 6.85. The molecule has 256 valence electrons. The predicted molar refractivity (Wildman–Crippen MR) is 215 cm³/mol. The number of hydrogen-bond donors (Lipinski definition) is 0. The minimum atomic E-state index is 0.503. The highest BCUT2D eigenvalue weighted by molar-refractivity contribution is 5.94. The average Bonchev–Trinajstić information content (AvgIpc) is 3.26. The van der Waals surface area contributed by atoms with E-state index in [1.165, 1.54) is 0 Å². The van der Waals surface area contributed by atoms with Gasteiger partial charge in [0.05, 0.1) is 35.4 Å². The third-order valence-corrected chi connectivity index (χ3v) is 9.62. The van der Waals surface area contributed by atoms with E-state index in [-0.39, 0.29) is 0 Å². The number of anilines is 3. The Bertz CT molecular complexity index is 3000. The molecule has 0 aliphatic rings. The van der Waals surface area contributed by atoms with Crippen molar-refractivity contribution in [2.75, 3.05) is 4.90 Å². The summed E-state index contributed by atoms with van der Waals surface area (Å²) in [6.45, 7) is 0. The van der Waals surface area contributed by atoms with Crippen LogP contribution in [0.2, 0.25) is 0 Å². The number of fused-ring (bicyclic) bond motifs is 4. The Hall–Kier alpha value is -8.03. The number of nitrogens with zero attached hydrogens (tertiary/aromatic N) is 10. The standard InChI is InChI=1S/C45H26N10/c46-25-28-1-2-32-22-33(4-3-31(32)21-28)34-5-6-36-24-39(16-11-35(36)23-34)55(37-12-7-29(8-13-37)40-26-51-42-44(53-40)49-19-17-47-42)38-14-9-30(10-15-38)41-27-52-43-45(54-41)50-20-18-48-43/h1-24,26-27H. The molecule has 10 rings (SSSR count). The molecule has 4 heterocycles. The van der Waals surface area contributed by atoms with E-state index in [4.69, 9.17) is 9.97 Å². The minimum Gasteiger partial charge on any atom is -0.310 e. The van der Waals surface area contributed by atoms with E-state index in [1.807, 2.05) is 42.5 Å². The van der Waals surface area contributed by atoms with Crippen LogP contribution in [0.25, 0.3) is 77.8 Å². The van der Waals surface area contributed by atoms with Gasteiger partial charge >= 0.3 is 0 Å². The van der Waals surface area contributed by atoms with Gasteiger partial charge in [0.25, 0.3) is 0 Å². The van der Waals surface area contributed by atoms with Crippen molar-refractivity contribution in [2.45, 2.75) is 0 Å². The summed E-state index contributed by atoms with van der Waals surface area (Å²) in [5.41, 5.74) is 11.1. The van der Waals surface area contributed by atoms with Gasteiger partial charge in [-0.3, -0.25) is 0 Å². The lowest BCUT2D eigenvalue weighted by molar-refractivity contribution is 1.16. The van der Waals surface area contributed by atoms with Crippen LogP contribution in [0.3, 0.4) is 0 Å². The first-order valence-corrected chi connectivity index (χ1v) is 17.5. The number of hydrogen-bond acceptors (Lipinski definition) is 10. The lowest BCUT2D eigenvalue weighted by atomic mass is 9.97. The van der Waals surface area contributed by atoms with E-state index in [0.717, 1.165) is 72.2 Å². The van der Waals surface area contributed by atoms with Crippen LogP contribution < -0.4 is 4.90 Å². The molecule has 4 aromatic heterocycles. The van der Waals surface area contributed by atoms with Crippen molar-refractivity contribution >= 4 is 61.2 Å². The summed E-state index contributed by atoms with van der Waals surface area (Å²) in [6.07, 6.45) is 9.91. The third kappa shape index (κ3) is 5.97. The van der Waals surface area contributed by atoms with Gasteiger partial charge in [-0.25, -0.2) is 39.9 Å². The van der Waals surface area contributed by atoms with Gasteiger partial charge in [0.15, 0.2) is 22.6 Å². The Morgan fingerprint density at radius 2 is 0.800 bits per heavy atom. The summed E-state index contributed by atoms with van der Waals surface area (Å²) in [6, 6.07) is 44.0. The maximum absolute atomic E-state index is 9.31. The van der Waals surface area contributed by atoms with Gasteiger partial charge in [-0.2, -0.15) is 5.26 Å². The second kappa shape index (κ2) is 13.2. The molecule has 55 heavy (non-hydrogen) atoms. The molecule has 0 fully saturated rings. The highest BCUT2D eigenvalue weighted by Crippen LogP contribution is 2.38. The molecule has 0 saturated heterocycles. The molecule has 0 radical (unpaired) electrons. The van der Waals surface area contributed by atoms with Crippen LogP contribution in [0.4, 0.5) is 17.1 Å². The Kier molecular flexibility index (Phi) is 7.60. The zero-order chi connectivity index (χ0) is 36.7. The first kappa shape index (κ1) is 31.7. The van der Waals surface area contributed by atoms with Gasteiger partial charge in [0, 0.05) is 53.0 Å². The normalized spacial score (nSPS) is 11.3. The van der Waals surface area contributed by atoms with Crippen LogP contribution in [0.15, 0.2) is 159 Å². The van der Waals surface area contributed by atoms with Crippen LogP contribution in [0.1, 0.15) is 5.56 Å². The van der Waals surface area contributed by atoms with Crippen molar-refractivity contribution < 1.29 is 0 Å². The van der Waals surface area contributed by atoms with Crippen LogP contribution >= 0.6 is 0 Å². The smallest absolute Gasteiger partial charge is 0.198 e. The zero-order valence-corrected chi connectivity index (χ0v) is 29.0. The first-order valence-electron chi connectivity index (χ1n) is 17.5. The summed E-state index contributed by atoms with van der Waals surface area (Å²) >= 11 is 0. The minimum absolute atomic E-state index is 0.503. The second-order valence-corrected chi connectivity index (χ2v) is 13.0. The molecule has 10 heteroatoms. The predicted octanol–water partition coefficient (Wildman–Crippen LogP) is 9.80. The molecule has 0 N–H and O–H groups in total. The lowest BCUT2D eigenvalue weighted by Gasteiger charge is -2.26. The van der Waals surface area contributed by atoms with E-state index in [9.17, 15) is 5.26 Å². The summed E-state index contributed by atoms with van der Waals surface area (Å²) in [5, 5.41) is 13.7. The van der Waals surface area contributed by atoms with Gasteiger partial charge in [-0.15, -0.1) is 0 Å². The summed E-state index contributed by atoms with van der Waals surface area (Å²) < 4.78 is 0. The number of benzene rings is 6. The number of nitriles is 1. The maximum atomic E-state index is 9.31. The topological polar surface area (TPSA) is 130 Å². The van der Waals surface area contributed by atoms with Crippen molar-refractivity contribution in [1.82, 2.24) is 39.9 Å². The molecular weight excluding hydrogens is 681 g/mol. The summed E-state index contributed by atoms with van der Waals surface area (Å²) in [7, 11) is 0. The quantitative estimate of drug-likeness (QED) is 0.165.